The van der Waals surface area contributed by atoms with E-state index in [1.165, 1.54) is 16.7 Å². The van der Waals surface area contributed by atoms with Crippen molar-refractivity contribution in [2.45, 2.75) is 47.1 Å². The van der Waals surface area contributed by atoms with Crippen LogP contribution in [0.3, 0.4) is 0 Å². The molecule has 1 heterocycles. The first-order chi connectivity index (χ1) is 13.3. The number of hydrogen-bond acceptors (Lipinski definition) is 2. The Hall–Kier alpha value is -3.08. The summed E-state index contributed by atoms with van der Waals surface area (Å²) in [6.07, 6.45) is 0. The summed E-state index contributed by atoms with van der Waals surface area (Å²) in [6.45, 7) is 11.0. The maximum Gasteiger partial charge on any atom is 0.323 e. The number of amides is 2. The Bertz CT molecular complexity index is 971. The van der Waals surface area contributed by atoms with Crippen LogP contribution >= 0.6 is 0 Å². The number of nitrogens with zero attached hydrogens (tertiary/aromatic N) is 2. The Morgan fingerprint density at radius 2 is 1.68 bits per heavy atom. The van der Waals surface area contributed by atoms with Crippen LogP contribution in [-0.2, 0) is 6.54 Å². The molecule has 3 aromatic rings. The van der Waals surface area contributed by atoms with Crippen LogP contribution in [0.5, 0.6) is 0 Å². The average Bonchev–Trinajstić information content (AvgIpc) is 2.91. The molecule has 0 fully saturated rings. The van der Waals surface area contributed by atoms with Crippen molar-refractivity contribution in [2.75, 3.05) is 10.6 Å². The second kappa shape index (κ2) is 8.30. The highest BCUT2D eigenvalue weighted by Crippen LogP contribution is 2.22. The van der Waals surface area contributed by atoms with E-state index in [4.69, 9.17) is 0 Å². The predicted octanol–water partition coefficient (Wildman–Crippen LogP) is 5.62. The maximum absolute atomic E-state index is 12.5. The van der Waals surface area contributed by atoms with E-state index < -0.39 is 0 Å². The zero-order valence-corrected chi connectivity index (χ0v) is 17.2. The van der Waals surface area contributed by atoms with E-state index >= 15 is 0 Å². The Morgan fingerprint density at radius 1 is 1.00 bits per heavy atom. The van der Waals surface area contributed by atoms with E-state index in [0.717, 1.165) is 22.8 Å². The number of aryl methyl sites for hydroxylation is 2. The summed E-state index contributed by atoms with van der Waals surface area (Å²) in [5.74, 6) is 0.465. The molecule has 0 radical (unpaired) electrons. The van der Waals surface area contributed by atoms with Crippen LogP contribution < -0.4 is 10.6 Å². The number of benzene rings is 2. The van der Waals surface area contributed by atoms with Gasteiger partial charge in [0.25, 0.3) is 0 Å². The van der Waals surface area contributed by atoms with E-state index in [-0.39, 0.29) is 6.03 Å². The molecule has 0 aliphatic carbocycles. The van der Waals surface area contributed by atoms with E-state index in [1.54, 1.807) is 0 Å². The number of urea groups is 1. The van der Waals surface area contributed by atoms with Crippen LogP contribution in [0.1, 0.15) is 47.8 Å². The van der Waals surface area contributed by atoms with Gasteiger partial charge >= 0.3 is 6.03 Å². The standard InChI is InChI=1S/C23H28N4O/c1-15(2)19-10-12-21(13-11-19)24-23(28)25-22-17(4)26-27(18(22)5)14-20-9-7-6-8-16(20)3/h6-13,15H,14H2,1-5H3,(H2,24,25,28). The summed E-state index contributed by atoms with van der Waals surface area (Å²) in [5.41, 5.74) is 6.95. The van der Waals surface area contributed by atoms with Crippen molar-refractivity contribution >= 4 is 17.4 Å². The molecule has 5 heteroatoms. The molecule has 2 N–H and O–H groups in total. The van der Waals surface area contributed by atoms with Crippen molar-refractivity contribution in [3.05, 3.63) is 76.6 Å². The monoisotopic (exact) mass is 376 g/mol. The van der Waals surface area contributed by atoms with Gasteiger partial charge in [-0.2, -0.15) is 5.10 Å². The third-order valence-electron chi connectivity index (χ3n) is 5.04. The van der Waals surface area contributed by atoms with Gasteiger partial charge in [0.2, 0.25) is 0 Å². The summed E-state index contributed by atoms with van der Waals surface area (Å²) >= 11 is 0. The lowest BCUT2D eigenvalue weighted by Gasteiger charge is -2.11. The molecule has 0 aliphatic heterocycles. The number of carbonyl (C=O) groups is 1. The van der Waals surface area contributed by atoms with Crippen molar-refractivity contribution in [3.8, 4) is 0 Å². The van der Waals surface area contributed by atoms with Gasteiger partial charge in [-0.3, -0.25) is 4.68 Å². The normalized spacial score (nSPS) is 10.9. The number of rotatable bonds is 5. The summed E-state index contributed by atoms with van der Waals surface area (Å²) < 4.78 is 1.94. The zero-order valence-electron chi connectivity index (χ0n) is 17.2. The molecule has 0 unspecified atom stereocenters. The number of aromatic nitrogens is 2. The van der Waals surface area contributed by atoms with Gasteiger partial charge in [0.15, 0.2) is 0 Å². The van der Waals surface area contributed by atoms with Crippen molar-refractivity contribution in [1.29, 1.82) is 0 Å². The Morgan fingerprint density at radius 3 is 2.32 bits per heavy atom. The highest BCUT2D eigenvalue weighted by atomic mass is 16.2. The van der Waals surface area contributed by atoms with Gasteiger partial charge in [-0.15, -0.1) is 0 Å². The summed E-state index contributed by atoms with van der Waals surface area (Å²) in [4.78, 5) is 12.5. The largest absolute Gasteiger partial charge is 0.323 e. The molecule has 2 aromatic carbocycles. The molecule has 0 spiro atoms. The van der Waals surface area contributed by atoms with Gasteiger partial charge in [0.05, 0.1) is 23.6 Å². The Labute approximate surface area is 166 Å². The fourth-order valence-corrected chi connectivity index (χ4v) is 3.21. The third-order valence-corrected chi connectivity index (χ3v) is 5.04. The minimum Gasteiger partial charge on any atom is -0.308 e. The topological polar surface area (TPSA) is 59.0 Å². The molecule has 0 atom stereocenters. The molecule has 146 valence electrons. The van der Waals surface area contributed by atoms with Crippen molar-refractivity contribution < 1.29 is 4.79 Å². The first kappa shape index (κ1) is 19.7. The van der Waals surface area contributed by atoms with Gasteiger partial charge in [-0.1, -0.05) is 50.2 Å². The summed E-state index contributed by atoms with van der Waals surface area (Å²) in [5, 5.41) is 10.5. The van der Waals surface area contributed by atoms with Crippen LogP contribution in [0.2, 0.25) is 0 Å². The van der Waals surface area contributed by atoms with Gasteiger partial charge in [-0.25, -0.2) is 4.79 Å². The molecule has 0 aliphatic rings. The van der Waals surface area contributed by atoms with E-state index in [9.17, 15) is 4.79 Å². The predicted molar refractivity (Wildman–Crippen MR) is 115 cm³/mol. The van der Waals surface area contributed by atoms with Crippen LogP contribution in [-0.4, -0.2) is 15.8 Å². The molecule has 0 bridgehead atoms. The summed E-state index contributed by atoms with van der Waals surface area (Å²) in [7, 11) is 0. The average molecular weight is 377 g/mol. The van der Waals surface area contributed by atoms with Gasteiger partial charge < -0.3 is 10.6 Å². The molecule has 5 nitrogen and oxygen atoms in total. The second-order valence-electron chi connectivity index (χ2n) is 7.49. The number of carbonyl (C=O) groups excluding carboxylic acids is 1. The van der Waals surface area contributed by atoms with Gasteiger partial charge in [0, 0.05) is 5.69 Å². The highest BCUT2D eigenvalue weighted by molar-refractivity contribution is 6.00. The zero-order chi connectivity index (χ0) is 20.3. The Kier molecular flexibility index (Phi) is 5.83. The van der Waals surface area contributed by atoms with Crippen LogP contribution in [0, 0.1) is 20.8 Å². The SMILES string of the molecule is Cc1ccccc1Cn1nc(C)c(NC(=O)Nc2ccc(C(C)C)cc2)c1C. The molecule has 1 aromatic heterocycles. The van der Waals surface area contributed by atoms with Gasteiger partial charge in [0.1, 0.15) is 0 Å². The maximum atomic E-state index is 12.5. The summed E-state index contributed by atoms with van der Waals surface area (Å²) in [6, 6.07) is 15.9. The molecule has 0 saturated carbocycles. The first-order valence-electron chi connectivity index (χ1n) is 9.61. The quantitative estimate of drug-likeness (QED) is 0.607. The minimum atomic E-state index is -0.265. The van der Waals surface area contributed by atoms with Crippen molar-refractivity contribution in [3.63, 3.8) is 0 Å². The molecule has 28 heavy (non-hydrogen) atoms. The van der Waals surface area contributed by atoms with Crippen molar-refractivity contribution in [2.24, 2.45) is 0 Å². The fraction of sp³-hybridized carbons (Fsp3) is 0.304. The Balaban J connectivity index is 1.71. The smallest absolute Gasteiger partial charge is 0.308 e. The van der Waals surface area contributed by atoms with Crippen LogP contribution in [0.25, 0.3) is 0 Å². The second-order valence-corrected chi connectivity index (χ2v) is 7.49. The molecular weight excluding hydrogens is 348 g/mol. The third kappa shape index (κ3) is 4.42. The van der Waals surface area contributed by atoms with Crippen molar-refractivity contribution in [1.82, 2.24) is 9.78 Å². The lowest BCUT2D eigenvalue weighted by atomic mass is 10.0. The number of hydrogen-bond donors (Lipinski definition) is 2. The number of nitrogens with one attached hydrogen (secondary N) is 2. The first-order valence-corrected chi connectivity index (χ1v) is 9.61. The fourth-order valence-electron chi connectivity index (χ4n) is 3.21. The van der Waals surface area contributed by atoms with Crippen LogP contribution in [0.4, 0.5) is 16.2 Å². The van der Waals surface area contributed by atoms with Gasteiger partial charge in [-0.05, 0) is 55.5 Å². The van der Waals surface area contributed by atoms with E-state index in [2.05, 4.69) is 48.6 Å². The van der Waals surface area contributed by atoms with E-state index in [0.29, 0.717) is 12.5 Å². The van der Waals surface area contributed by atoms with Crippen LogP contribution in [0.15, 0.2) is 48.5 Å². The number of anilines is 2. The molecule has 0 saturated heterocycles. The highest BCUT2D eigenvalue weighted by Gasteiger charge is 2.15. The van der Waals surface area contributed by atoms with E-state index in [1.807, 2.05) is 54.9 Å². The molecule has 2 amide bonds. The molecular formula is C23H28N4O. The lowest BCUT2D eigenvalue weighted by molar-refractivity contribution is 0.262. The minimum absolute atomic E-state index is 0.265. The lowest BCUT2D eigenvalue weighted by Crippen LogP contribution is -2.20. The molecule has 3 rings (SSSR count).